The van der Waals surface area contributed by atoms with E-state index < -0.39 is 0 Å². The number of thiazole rings is 1. The summed E-state index contributed by atoms with van der Waals surface area (Å²) in [6.07, 6.45) is 1.47. The number of rotatable bonds is 8. The van der Waals surface area contributed by atoms with Crippen molar-refractivity contribution in [1.82, 2.24) is 10.4 Å². The predicted octanol–water partition coefficient (Wildman–Crippen LogP) is 4.11. The van der Waals surface area contributed by atoms with E-state index >= 15 is 0 Å². The molecule has 0 aliphatic carbocycles. The number of nitrogens with zero attached hydrogens (tertiary/aromatic N) is 2. The first-order chi connectivity index (χ1) is 13.7. The number of ether oxygens (including phenoxy) is 1. The van der Waals surface area contributed by atoms with Crippen LogP contribution in [0.5, 0.6) is 5.75 Å². The van der Waals surface area contributed by atoms with Crippen LogP contribution in [0.4, 0.5) is 16.5 Å². The summed E-state index contributed by atoms with van der Waals surface area (Å²) in [5.74, 6) is 0.426. The van der Waals surface area contributed by atoms with Crippen LogP contribution in [0, 0.1) is 0 Å². The van der Waals surface area contributed by atoms with Crippen molar-refractivity contribution in [1.29, 1.82) is 0 Å². The lowest BCUT2D eigenvalue weighted by Gasteiger charge is -2.07. The zero-order chi connectivity index (χ0) is 19.8. The molecule has 2 aromatic carbocycles. The fourth-order valence-corrected chi connectivity index (χ4v) is 3.29. The number of halogens is 1. The topological polar surface area (TPSA) is 87.6 Å². The number of carbonyl (C=O) groups excluding carboxylic acids is 1. The molecule has 1 amide bonds. The van der Waals surface area contributed by atoms with Gasteiger partial charge in [-0.1, -0.05) is 53.3 Å². The normalized spacial score (nSPS) is 10.6. The van der Waals surface area contributed by atoms with Gasteiger partial charge in [-0.2, -0.15) is 5.10 Å². The van der Waals surface area contributed by atoms with Crippen LogP contribution in [0.1, 0.15) is 4.88 Å². The monoisotopic (exact) mass is 415 g/mol. The van der Waals surface area contributed by atoms with Gasteiger partial charge in [0.05, 0.1) is 30.4 Å². The molecule has 0 radical (unpaired) electrons. The smallest absolute Gasteiger partial charge is 0.259 e. The Morgan fingerprint density at radius 2 is 1.96 bits per heavy atom. The number of hydrogen-bond acceptors (Lipinski definition) is 7. The summed E-state index contributed by atoms with van der Waals surface area (Å²) in [6, 6.07) is 16.9. The third kappa shape index (κ3) is 5.45. The van der Waals surface area contributed by atoms with Crippen molar-refractivity contribution in [3.63, 3.8) is 0 Å². The van der Waals surface area contributed by atoms with Gasteiger partial charge in [-0.3, -0.25) is 4.79 Å². The molecule has 7 nitrogen and oxygen atoms in total. The molecular formula is C19H18ClN5O2S. The number of amides is 1. The Balaban J connectivity index is 1.55. The Bertz CT molecular complexity index is 962. The van der Waals surface area contributed by atoms with Gasteiger partial charge in [0.2, 0.25) is 0 Å². The van der Waals surface area contributed by atoms with E-state index in [1.165, 1.54) is 17.6 Å². The van der Waals surface area contributed by atoms with E-state index in [-0.39, 0.29) is 12.5 Å². The Hall–Kier alpha value is -3.10. The summed E-state index contributed by atoms with van der Waals surface area (Å²) >= 11 is 7.46. The van der Waals surface area contributed by atoms with Gasteiger partial charge in [0, 0.05) is 5.69 Å². The van der Waals surface area contributed by atoms with Crippen molar-refractivity contribution in [2.45, 2.75) is 0 Å². The number of anilines is 3. The summed E-state index contributed by atoms with van der Waals surface area (Å²) in [4.78, 5) is 16.7. The molecule has 144 valence electrons. The first-order valence-corrected chi connectivity index (χ1v) is 9.52. The fourth-order valence-electron chi connectivity index (χ4n) is 2.25. The van der Waals surface area contributed by atoms with Crippen LogP contribution < -0.4 is 20.8 Å². The van der Waals surface area contributed by atoms with E-state index in [2.05, 4.69) is 26.1 Å². The van der Waals surface area contributed by atoms with Crippen molar-refractivity contribution in [3.8, 4) is 5.75 Å². The first-order valence-electron chi connectivity index (χ1n) is 8.33. The average molecular weight is 416 g/mol. The van der Waals surface area contributed by atoms with Crippen molar-refractivity contribution in [2.24, 2.45) is 5.10 Å². The minimum atomic E-state index is -0.270. The largest absolute Gasteiger partial charge is 0.495 e. The molecule has 0 saturated heterocycles. The Morgan fingerprint density at radius 1 is 1.21 bits per heavy atom. The van der Waals surface area contributed by atoms with Gasteiger partial charge in [0.1, 0.15) is 5.75 Å². The van der Waals surface area contributed by atoms with Crippen molar-refractivity contribution in [2.75, 3.05) is 24.3 Å². The van der Waals surface area contributed by atoms with Crippen molar-refractivity contribution >= 4 is 51.6 Å². The quantitative estimate of drug-likeness (QED) is 0.380. The number of carbonyl (C=O) groups is 1. The molecule has 1 heterocycles. The molecule has 0 saturated carbocycles. The molecule has 3 aromatic rings. The third-order valence-electron chi connectivity index (χ3n) is 3.56. The van der Waals surface area contributed by atoms with Crippen LogP contribution in [-0.2, 0) is 4.79 Å². The van der Waals surface area contributed by atoms with Gasteiger partial charge in [-0.25, -0.2) is 10.4 Å². The van der Waals surface area contributed by atoms with Gasteiger partial charge in [0.15, 0.2) is 10.3 Å². The maximum Gasteiger partial charge on any atom is 0.259 e. The van der Waals surface area contributed by atoms with Crippen LogP contribution in [0.25, 0.3) is 0 Å². The molecule has 3 N–H and O–H groups in total. The number of nitrogens with one attached hydrogen (secondary N) is 3. The summed E-state index contributed by atoms with van der Waals surface area (Å²) in [5.41, 5.74) is 4.09. The van der Waals surface area contributed by atoms with E-state index in [0.717, 1.165) is 11.4 Å². The molecule has 1 aromatic heterocycles. The summed E-state index contributed by atoms with van der Waals surface area (Å²) in [5, 5.41) is 11.0. The van der Waals surface area contributed by atoms with E-state index in [0.29, 0.717) is 20.9 Å². The van der Waals surface area contributed by atoms with Crippen LogP contribution in [-0.4, -0.2) is 30.8 Å². The van der Waals surface area contributed by atoms with Crippen LogP contribution in [0.15, 0.2) is 59.7 Å². The lowest BCUT2D eigenvalue weighted by atomic mass is 10.3. The highest BCUT2D eigenvalue weighted by atomic mass is 35.5. The molecule has 0 fully saturated rings. The molecular weight excluding hydrogens is 398 g/mol. The Morgan fingerprint density at radius 3 is 2.75 bits per heavy atom. The lowest BCUT2D eigenvalue weighted by molar-refractivity contribution is -0.119. The highest BCUT2D eigenvalue weighted by Crippen LogP contribution is 2.31. The van der Waals surface area contributed by atoms with Crippen LogP contribution >= 0.6 is 22.9 Å². The van der Waals surface area contributed by atoms with Gasteiger partial charge in [-0.15, -0.1) is 0 Å². The number of methoxy groups -OCH3 is 1. The summed E-state index contributed by atoms with van der Waals surface area (Å²) < 4.78 is 5.30. The van der Waals surface area contributed by atoms with Crippen LogP contribution in [0.3, 0.4) is 0 Å². The predicted molar refractivity (Wildman–Crippen MR) is 114 cm³/mol. The maximum atomic E-state index is 11.8. The number of hydrazone groups is 1. The Kier molecular flexibility index (Phi) is 6.83. The zero-order valence-corrected chi connectivity index (χ0v) is 16.6. The second kappa shape index (κ2) is 9.72. The SMILES string of the molecule is COc1ccccc1Nc1nc(Cl)c(/C=N/NC(=O)CNc2ccccc2)s1. The molecule has 3 rings (SSSR count). The van der Waals surface area contributed by atoms with Crippen molar-refractivity contribution in [3.05, 3.63) is 64.6 Å². The highest BCUT2D eigenvalue weighted by Gasteiger charge is 2.10. The summed E-state index contributed by atoms with van der Waals surface area (Å²) in [7, 11) is 1.60. The van der Waals surface area contributed by atoms with Crippen LogP contribution in [0.2, 0.25) is 5.15 Å². The first kappa shape index (κ1) is 19.7. The number of aromatic nitrogens is 1. The molecule has 28 heavy (non-hydrogen) atoms. The number of benzene rings is 2. The van der Waals surface area contributed by atoms with Crippen molar-refractivity contribution < 1.29 is 9.53 Å². The Labute approximate surface area is 171 Å². The lowest BCUT2D eigenvalue weighted by Crippen LogP contribution is -2.25. The molecule has 0 unspecified atom stereocenters. The van der Waals surface area contributed by atoms with Gasteiger partial charge in [0.25, 0.3) is 5.91 Å². The van der Waals surface area contributed by atoms with E-state index in [4.69, 9.17) is 16.3 Å². The van der Waals surface area contributed by atoms with Gasteiger partial charge < -0.3 is 15.4 Å². The van der Waals surface area contributed by atoms with E-state index in [1.54, 1.807) is 7.11 Å². The molecule has 0 atom stereocenters. The number of para-hydroxylation sites is 3. The van der Waals surface area contributed by atoms with E-state index in [1.807, 2.05) is 54.6 Å². The maximum absolute atomic E-state index is 11.8. The average Bonchev–Trinajstić information content (AvgIpc) is 3.06. The van der Waals surface area contributed by atoms with Gasteiger partial charge in [-0.05, 0) is 24.3 Å². The standard InChI is InChI=1S/C19H18ClN5O2S/c1-27-15-10-6-5-9-14(15)23-19-24-18(20)16(28-19)11-22-25-17(26)12-21-13-7-3-2-4-8-13/h2-11,21H,12H2,1H3,(H,23,24)(H,25,26)/b22-11+. The van der Waals surface area contributed by atoms with Gasteiger partial charge >= 0.3 is 0 Å². The second-order valence-corrected chi connectivity index (χ2v) is 6.90. The van der Waals surface area contributed by atoms with E-state index in [9.17, 15) is 4.79 Å². The molecule has 0 aliphatic rings. The molecule has 0 aliphatic heterocycles. The fraction of sp³-hybridized carbons (Fsp3) is 0.105. The number of hydrogen-bond donors (Lipinski definition) is 3. The second-order valence-electron chi connectivity index (χ2n) is 5.51. The minimum absolute atomic E-state index is 0.110. The molecule has 0 bridgehead atoms. The molecule has 9 heteroatoms. The zero-order valence-electron chi connectivity index (χ0n) is 15.0. The third-order valence-corrected chi connectivity index (χ3v) is 4.86. The highest BCUT2D eigenvalue weighted by molar-refractivity contribution is 7.17. The summed E-state index contributed by atoms with van der Waals surface area (Å²) in [6.45, 7) is 0.110. The molecule has 0 spiro atoms. The minimum Gasteiger partial charge on any atom is -0.495 e.